The summed E-state index contributed by atoms with van der Waals surface area (Å²) in [5.41, 5.74) is -0.775. The molecule has 2 aliphatic rings. The van der Waals surface area contributed by atoms with Crippen molar-refractivity contribution in [1.29, 1.82) is 0 Å². The number of Topliss-reactive ketones (excluding diaryl/α,β-unsaturated/α-hetero) is 1. The maximum Gasteiger partial charge on any atom is 0.337 e. The van der Waals surface area contributed by atoms with Crippen molar-refractivity contribution in [3.8, 4) is 0 Å². The van der Waals surface area contributed by atoms with Crippen LogP contribution in [0.2, 0.25) is 0 Å². The predicted molar refractivity (Wildman–Crippen MR) is 81.6 cm³/mol. The SMILES string of the molecule is C=CCCCCC12CCC(=O)C(O1)C(C(=O)OC)=C2C(=O)OC. The molecular weight excluding hydrogens is 300 g/mol. The summed E-state index contributed by atoms with van der Waals surface area (Å²) in [6.07, 6.45) is 4.56. The van der Waals surface area contributed by atoms with Gasteiger partial charge in [-0.1, -0.05) is 6.08 Å². The Bertz CT molecular complexity index is 561. The van der Waals surface area contributed by atoms with E-state index in [0.717, 1.165) is 19.3 Å². The minimum Gasteiger partial charge on any atom is -0.466 e. The van der Waals surface area contributed by atoms with Gasteiger partial charge in [-0.25, -0.2) is 9.59 Å². The second-order valence-electron chi connectivity index (χ2n) is 5.76. The fourth-order valence-electron chi connectivity index (χ4n) is 3.31. The van der Waals surface area contributed by atoms with Crippen LogP contribution in [-0.2, 0) is 28.6 Å². The average Bonchev–Trinajstić information content (AvgIpc) is 2.85. The molecule has 0 aromatic heterocycles. The zero-order chi connectivity index (χ0) is 17.0. The number of hydrogen-bond donors (Lipinski definition) is 0. The Morgan fingerprint density at radius 3 is 2.61 bits per heavy atom. The normalized spacial score (nSPS) is 26.2. The van der Waals surface area contributed by atoms with E-state index in [-0.39, 0.29) is 23.4 Å². The van der Waals surface area contributed by atoms with E-state index < -0.39 is 23.6 Å². The number of rotatable bonds is 7. The van der Waals surface area contributed by atoms with E-state index in [0.29, 0.717) is 12.8 Å². The summed E-state index contributed by atoms with van der Waals surface area (Å²) in [7, 11) is 2.47. The standard InChI is InChI=1S/C17H22O6/c1-4-5-6-7-9-17-10-8-11(18)14(23-17)12(15(19)21-2)13(17)16(20)22-3/h4,14H,1,5-10H2,2-3H3. The van der Waals surface area contributed by atoms with Crippen LogP contribution in [0.1, 0.15) is 38.5 Å². The van der Waals surface area contributed by atoms with E-state index in [1.54, 1.807) is 0 Å². The van der Waals surface area contributed by atoms with Crippen LogP contribution >= 0.6 is 0 Å². The van der Waals surface area contributed by atoms with Crippen LogP contribution < -0.4 is 0 Å². The number of ketones is 1. The molecule has 2 rings (SSSR count). The molecule has 0 saturated carbocycles. The number of fused-ring (bicyclic) bond motifs is 2. The highest BCUT2D eigenvalue weighted by Gasteiger charge is 2.57. The van der Waals surface area contributed by atoms with Crippen LogP contribution in [0, 0.1) is 0 Å². The zero-order valence-electron chi connectivity index (χ0n) is 13.6. The molecule has 126 valence electrons. The third kappa shape index (κ3) is 3.08. The number of ether oxygens (including phenoxy) is 3. The molecule has 0 radical (unpaired) electrons. The van der Waals surface area contributed by atoms with Gasteiger partial charge < -0.3 is 14.2 Å². The van der Waals surface area contributed by atoms with Gasteiger partial charge in [-0.15, -0.1) is 6.58 Å². The van der Waals surface area contributed by atoms with Gasteiger partial charge in [0.05, 0.1) is 25.4 Å². The molecular formula is C17H22O6. The van der Waals surface area contributed by atoms with E-state index in [1.165, 1.54) is 14.2 Å². The molecule has 1 saturated heterocycles. The number of unbranched alkanes of at least 4 members (excludes halogenated alkanes) is 2. The summed E-state index contributed by atoms with van der Waals surface area (Å²) < 4.78 is 15.5. The van der Waals surface area contributed by atoms with Crippen molar-refractivity contribution < 1.29 is 28.6 Å². The summed E-state index contributed by atoms with van der Waals surface area (Å²) in [5.74, 6) is -1.55. The molecule has 0 aromatic rings. The summed E-state index contributed by atoms with van der Waals surface area (Å²) >= 11 is 0. The first-order chi connectivity index (χ1) is 11.0. The lowest BCUT2D eigenvalue weighted by molar-refractivity contribution is -0.151. The van der Waals surface area contributed by atoms with Crippen molar-refractivity contribution in [2.45, 2.75) is 50.2 Å². The Labute approximate surface area is 135 Å². The highest BCUT2D eigenvalue weighted by atomic mass is 16.6. The summed E-state index contributed by atoms with van der Waals surface area (Å²) in [4.78, 5) is 36.5. The van der Waals surface area contributed by atoms with Gasteiger partial charge in [-0.3, -0.25) is 4.79 Å². The van der Waals surface area contributed by atoms with E-state index in [1.807, 2.05) is 6.08 Å². The first-order valence-electron chi connectivity index (χ1n) is 7.73. The molecule has 1 fully saturated rings. The van der Waals surface area contributed by atoms with Gasteiger partial charge in [-0.2, -0.15) is 0 Å². The van der Waals surface area contributed by atoms with Crippen molar-refractivity contribution in [1.82, 2.24) is 0 Å². The van der Waals surface area contributed by atoms with Gasteiger partial charge in [0.25, 0.3) is 0 Å². The van der Waals surface area contributed by atoms with E-state index in [2.05, 4.69) is 6.58 Å². The fraction of sp³-hybridized carbons (Fsp3) is 0.588. The molecule has 2 heterocycles. The van der Waals surface area contributed by atoms with Crippen LogP contribution in [0.5, 0.6) is 0 Å². The lowest BCUT2D eigenvalue weighted by atomic mass is 9.83. The molecule has 2 atom stereocenters. The number of allylic oxidation sites excluding steroid dienone is 1. The van der Waals surface area contributed by atoms with Crippen molar-refractivity contribution >= 4 is 17.7 Å². The van der Waals surface area contributed by atoms with Crippen molar-refractivity contribution in [2.75, 3.05) is 14.2 Å². The molecule has 0 aromatic carbocycles. The van der Waals surface area contributed by atoms with Crippen LogP contribution in [0.15, 0.2) is 23.8 Å². The smallest absolute Gasteiger partial charge is 0.337 e. The molecule has 0 amide bonds. The summed E-state index contributed by atoms with van der Waals surface area (Å²) in [6, 6.07) is 0. The number of carbonyl (C=O) groups excluding carboxylic acids is 3. The zero-order valence-corrected chi connectivity index (χ0v) is 13.6. The maximum absolute atomic E-state index is 12.3. The third-order valence-corrected chi connectivity index (χ3v) is 4.43. The number of esters is 2. The Kier molecular flexibility index (Phi) is 5.36. The molecule has 6 nitrogen and oxygen atoms in total. The fourth-order valence-corrected chi connectivity index (χ4v) is 3.31. The first-order valence-corrected chi connectivity index (χ1v) is 7.73. The van der Waals surface area contributed by atoms with Gasteiger partial charge in [0, 0.05) is 6.42 Å². The Hall–Kier alpha value is -1.95. The van der Waals surface area contributed by atoms with Crippen LogP contribution in [0.3, 0.4) is 0 Å². The molecule has 0 N–H and O–H groups in total. The third-order valence-electron chi connectivity index (χ3n) is 4.43. The van der Waals surface area contributed by atoms with Gasteiger partial charge in [-0.05, 0) is 32.1 Å². The minimum absolute atomic E-state index is 0.00516. The molecule has 6 heteroatoms. The number of carbonyl (C=O) groups is 3. The Morgan fingerprint density at radius 1 is 1.30 bits per heavy atom. The van der Waals surface area contributed by atoms with Gasteiger partial charge in [0.2, 0.25) is 0 Å². The maximum atomic E-state index is 12.3. The summed E-state index contributed by atoms with van der Waals surface area (Å²) in [5, 5.41) is 0. The van der Waals surface area contributed by atoms with Crippen LogP contribution in [0.25, 0.3) is 0 Å². The van der Waals surface area contributed by atoms with Crippen molar-refractivity contribution in [3.63, 3.8) is 0 Å². The number of methoxy groups -OCH3 is 2. The van der Waals surface area contributed by atoms with Crippen LogP contribution in [0.4, 0.5) is 0 Å². The molecule has 0 spiro atoms. The topological polar surface area (TPSA) is 78.9 Å². The highest BCUT2D eigenvalue weighted by Crippen LogP contribution is 2.47. The van der Waals surface area contributed by atoms with Gasteiger partial charge in [0.15, 0.2) is 5.78 Å². The van der Waals surface area contributed by atoms with Gasteiger partial charge in [0.1, 0.15) is 11.7 Å². The van der Waals surface area contributed by atoms with E-state index >= 15 is 0 Å². The van der Waals surface area contributed by atoms with Gasteiger partial charge >= 0.3 is 11.9 Å². The highest BCUT2D eigenvalue weighted by molar-refractivity contribution is 6.09. The second-order valence-corrected chi connectivity index (χ2v) is 5.76. The van der Waals surface area contributed by atoms with Crippen molar-refractivity contribution in [2.24, 2.45) is 0 Å². The van der Waals surface area contributed by atoms with Crippen LogP contribution in [-0.4, -0.2) is 43.6 Å². The first kappa shape index (κ1) is 17.4. The molecule has 2 bridgehead atoms. The summed E-state index contributed by atoms with van der Waals surface area (Å²) in [6.45, 7) is 3.68. The Morgan fingerprint density at radius 2 is 2.00 bits per heavy atom. The van der Waals surface area contributed by atoms with E-state index in [4.69, 9.17) is 14.2 Å². The molecule has 23 heavy (non-hydrogen) atoms. The predicted octanol–water partition coefficient (Wildman–Crippen LogP) is 1.88. The monoisotopic (exact) mass is 322 g/mol. The average molecular weight is 322 g/mol. The van der Waals surface area contributed by atoms with E-state index in [9.17, 15) is 14.4 Å². The quantitative estimate of drug-likeness (QED) is 0.404. The lowest BCUT2D eigenvalue weighted by Crippen LogP contribution is -2.42. The minimum atomic E-state index is -1.02. The lowest BCUT2D eigenvalue weighted by Gasteiger charge is -2.34. The largest absolute Gasteiger partial charge is 0.466 e. The number of hydrogen-bond acceptors (Lipinski definition) is 6. The second kappa shape index (κ2) is 7.08. The molecule has 2 aliphatic heterocycles. The molecule has 2 unspecified atom stereocenters. The Balaban J connectivity index is 2.41. The molecule has 0 aliphatic carbocycles. The van der Waals surface area contributed by atoms with Crippen molar-refractivity contribution in [3.05, 3.63) is 23.8 Å².